The number of rotatable bonds is 0. The Morgan fingerprint density at radius 2 is 2.50 bits per heavy atom. The number of nitrogens with one attached hydrogen (secondary N) is 1. The minimum Gasteiger partial charge on any atom is -0.295 e. The quantitative estimate of drug-likeness (QED) is 0.515. The average Bonchev–Trinajstić information content (AvgIpc) is 2.34. The van der Waals surface area contributed by atoms with E-state index in [0.717, 1.165) is 6.54 Å². The molecule has 10 heavy (non-hydrogen) atoms. The minimum atomic E-state index is 0.161. The first-order valence-corrected chi connectivity index (χ1v) is 3.77. The fraction of sp³-hybridized carbons (Fsp3) is 0.714. The topological polar surface area (TPSA) is 35.5 Å². The molecule has 2 aliphatic heterocycles. The summed E-state index contributed by atoms with van der Waals surface area (Å²) >= 11 is 0. The second-order valence-electron chi connectivity index (χ2n) is 2.93. The van der Waals surface area contributed by atoms with Gasteiger partial charge in [0.05, 0.1) is 0 Å². The molecule has 0 aromatic carbocycles. The van der Waals surface area contributed by atoms with Crippen LogP contribution in [-0.4, -0.2) is 23.0 Å². The van der Waals surface area contributed by atoms with E-state index in [0.29, 0.717) is 5.92 Å². The monoisotopic (exact) mass is 140 g/mol. The number of piperidine rings is 1. The van der Waals surface area contributed by atoms with Gasteiger partial charge in [0.2, 0.25) is 0 Å². The highest BCUT2D eigenvalue weighted by molar-refractivity contribution is 5.01. The van der Waals surface area contributed by atoms with Crippen LogP contribution in [-0.2, 0) is 0 Å². The first kappa shape index (κ1) is 6.19. The lowest BCUT2D eigenvalue weighted by Gasteiger charge is -2.29. The van der Waals surface area contributed by atoms with Gasteiger partial charge >= 0.3 is 0 Å². The van der Waals surface area contributed by atoms with Crippen molar-refractivity contribution in [2.45, 2.75) is 19.0 Å². The molecule has 0 amide bonds. The van der Waals surface area contributed by atoms with Crippen molar-refractivity contribution in [1.82, 2.24) is 10.4 Å². The van der Waals surface area contributed by atoms with Crippen LogP contribution in [0.25, 0.3) is 0 Å². The highest BCUT2D eigenvalue weighted by Crippen LogP contribution is 2.24. The number of hydrogen-bond donors (Lipinski definition) is 2. The average molecular weight is 140 g/mol. The first-order valence-electron chi connectivity index (χ1n) is 3.77. The normalized spacial score (nSPS) is 38.3. The molecule has 2 heterocycles. The number of hydrogen-bond acceptors (Lipinski definition) is 3. The fourth-order valence-electron chi connectivity index (χ4n) is 1.68. The molecule has 2 unspecified atom stereocenters. The maximum absolute atomic E-state index is 9.21. The summed E-state index contributed by atoms with van der Waals surface area (Å²) < 4.78 is 0. The fourth-order valence-corrected chi connectivity index (χ4v) is 1.68. The van der Waals surface area contributed by atoms with E-state index < -0.39 is 0 Å². The van der Waals surface area contributed by atoms with Crippen LogP contribution in [0.2, 0.25) is 0 Å². The molecule has 0 radical (unpaired) electrons. The van der Waals surface area contributed by atoms with Gasteiger partial charge in [-0.2, -0.15) is 0 Å². The van der Waals surface area contributed by atoms with Gasteiger partial charge in [-0.15, -0.1) is 0 Å². The molecule has 56 valence electrons. The third-order valence-electron chi connectivity index (χ3n) is 2.24. The van der Waals surface area contributed by atoms with Crippen molar-refractivity contribution < 1.29 is 5.21 Å². The molecule has 2 N–H and O–H groups in total. The summed E-state index contributed by atoms with van der Waals surface area (Å²) in [4.78, 5) is 0. The molecule has 0 aromatic rings. The van der Waals surface area contributed by atoms with Gasteiger partial charge < -0.3 is 0 Å². The smallest absolute Gasteiger partial charge is 0.111 e. The molecule has 1 fully saturated rings. The Morgan fingerprint density at radius 3 is 3.30 bits per heavy atom. The summed E-state index contributed by atoms with van der Waals surface area (Å²) in [6.45, 7) is 1.03. The highest BCUT2D eigenvalue weighted by atomic mass is 16.5. The number of nitrogens with zero attached hydrogens (tertiary/aromatic N) is 1. The van der Waals surface area contributed by atoms with Crippen LogP contribution in [0.4, 0.5) is 0 Å². The van der Waals surface area contributed by atoms with E-state index in [1.807, 2.05) is 0 Å². The van der Waals surface area contributed by atoms with Crippen molar-refractivity contribution in [3.63, 3.8) is 0 Å². The lowest BCUT2D eigenvalue weighted by atomic mass is 9.98. The van der Waals surface area contributed by atoms with Crippen LogP contribution in [0, 0.1) is 5.92 Å². The van der Waals surface area contributed by atoms with Gasteiger partial charge in [0.25, 0.3) is 0 Å². The van der Waals surface area contributed by atoms with E-state index in [9.17, 15) is 5.21 Å². The van der Waals surface area contributed by atoms with E-state index in [1.165, 1.54) is 17.9 Å². The van der Waals surface area contributed by atoms with Crippen LogP contribution in [0.1, 0.15) is 12.8 Å². The van der Waals surface area contributed by atoms with Crippen LogP contribution in [0.15, 0.2) is 12.3 Å². The van der Waals surface area contributed by atoms with Crippen LogP contribution >= 0.6 is 0 Å². The molecular formula is C7H12N2O. The van der Waals surface area contributed by atoms with Crippen LogP contribution in [0.3, 0.4) is 0 Å². The van der Waals surface area contributed by atoms with Gasteiger partial charge in [0.1, 0.15) is 6.17 Å². The van der Waals surface area contributed by atoms with Crippen LogP contribution in [0.5, 0.6) is 0 Å². The van der Waals surface area contributed by atoms with E-state index in [2.05, 4.69) is 11.4 Å². The number of fused-ring (bicyclic) bond motifs is 1. The summed E-state index contributed by atoms with van der Waals surface area (Å²) in [5.41, 5.74) is 0. The largest absolute Gasteiger partial charge is 0.295 e. The zero-order chi connectivity index (χ0) is 6.97. The Bertz CT molecular complexity index is 158. The second-order valence-corrected chi connectivity index (χ2v) is 2.93. The van der Waals surface area contributed by atoms with Gasteiger partial charge in [0, 0.05) is 12.1 Å². The molecule has 3 heteroatoms. The third kappa shape index (κ3) is 0.822. The molecule has 0 bridgehead atoms. The lowest BCUT2D eigenvalue weighted by Crippen LogP contribution is -2.46. The van der Waals surface area contributed by atoms with Crippen molar-refractivity contribution >= 4 is 0 Å². The SMILES string of the molecule is ON1C=CC2CCCNC21. The van der Waals surface area contributed by atoms with Gasteiger partial charge in [-0.3, -0.25) is 10.5 Å². The molecule has 0 aromatic heterocycles. The lowest BCUT2D eigenvalue weighted by molar-refractivity contribution is -0.0949. The summed E-state index contributed by atoms with van der Waals surface area (Å²) in [5.74, 6) is 0.527. The van der Waals surface area contributed by atoms with E-state index in [1.54, 1.807) is 6.20 Å². The molecule has 1 saturated heterocycles. The van der Waals surface area contributed by atoms with Crippen molar-refractivity contribution in [2.24, 2.45) is 5.92 Å². The van der Waals surface area contributed by atoms with Crippen LogP contribution < -0.4 is 5.32 Å². The van der Waals surface area contributed by atoms with Crippen molar-refractivity contribution in [3.8, 4) is 0 Å². The predicted molar refractivity (Wildman–Crippen MR) is 37.3 cm³/mol. The molecule has 0 saturated carbocycles. The molecule has 2 atom stereocenters. The van der Waals surface area contributed by atoms with E-state index >= 15 is 0 Å². The summed E-state index contributed by atoms with van der Waals surface area (Å²) in [5, 5.41) is 13.7. The molecule has 2 rings (SSSR count). The Hall–Kier alpha value is -0.540. The Labute approximate surface area is 60.3 Å². The Balaban J connectivity index is 2.07. The molecular weight excluding hydrogens is 128 g/mol. The maximum atomic E-state index is 9.21. The predicted octanol–water partition coefficient (Wildman–Crippen LogP) is 0.531. The van der Waals surface area contributed by atoms with Gasteiger partial charge in [-0.05, 0) is 19.4 Å². The van der Waals surface area contributed by atoms with Crippen molar-refractivity contribution in [3.05, 3.63) is 12.3 Å². The summed E-state index contributed by atoms with van der Waals surface area (Å²) in [6, 6.07) is 0. The Kier molecular flexibility index (Phi) is 1.39. The van der Waals surface area contributed by atoms with Crippen molar-refractivity contribution in [2.75, 3.05) is 6.54 Å². The zero-order valence-electron chi connectivity index (χ0n) is 5.83. The van der Waals surface area contributed by atoms with E-state index in [-0.39, 0.29) is 6.17 Å². The summed E-state index contributed by atoms with van der Waals surface area (Å²) in [7, 11) is 0. The van der Waals surface area contributed by atoms with Gasteiger partial charge in [-0.1, -0.05) is 6.08 Å². The highest BCUT2D eigenvalue weighted by Gasteiger charge is 2.29. The molecule has 2 aliphatic rings. The zero-order valence-corrected chi connectivity index (χ0v) is 5.83. The van der Waals surface area contributed by atoms with Gasteiger partial charge in [0.15, 0.2) is 0 Å². The van der Waals surface area contributed by atoms with Crippen molar-refractivity contribution in [1.29, 1.82) is 0 Å². The molecule has 0 aliphatic carbocycles. The summed E-state index contributed by atoms with van der Waals surface area (Å²) in [6.07, 6.45) is 6.39. The van der Waals surface area contributed by atoms with E-state index in [4.69, 9.17) is 0 Å². The molecule has 0 spiro atoms. The molecule has 3 nitrogen and oxygen atoms in total. The minimum absolute atomic E-state index is 0.161. The number of hydroxylamine groups is 2. The first-order chi connectivity index (χ1) is 4.88. The standard InChI is InChI=1S/C7H12N2O/c10-9-5-3-6-2-1-4-8-7(6)9/h3,5-8,10H,1-2,4H2. The Morgan fingerprint density at radius 1 is 1.60 bits per heavy atom. The van der Waals surface area contributed by atoms with Gasteiger partial charge in [-0.25, -0.2) is 5.06 Å². The second kappa shape index (κ2) is 2.25. The third-order valence-corrected chi connectivity index (χ3v) is 2.24. The maximum Gasteiger partial charge on any atom is 0.111 e.